The van der Waals surface area contributed by atoms with Crippen LogP contribution in [0.4, 0.5) is 0 Å². The van der Waals surface area contributed by atoms with E-state index in [1.165, 1.54) is 5.56 Å². The van der Waals surface area contributed by atoms with Gasteiger partial charge in [-0.05, 0) is 26.6 Å². The number of amides is 2. The van der Waals surface area contributed by atoms with E-state index >= 15 is 0 Å². The second-order valence-corrected chi connectivity index (χ2v) is 5.18. The van der Waals surface area contributed by atoms with Gasteiger partial charge in [0.05, 0.1) is 19.1 Å². The van der Waals surface area contributed by atoms with Gasteiger partial charge in [-0.2, -0.15) is 0 Å². The van der Waals surface area contributed by atoms with Gasteiger partial charge in [-0.15, -0.1) is 24.8 Å². The molecular formula is C15H26Cl2N4O2. The molecule has 0 saturated carbocycles. The fraction of sp³-hybridized carbons (Fsp3) is 0.467. The molecule has 6 nitrogen and oxygen atoms in total. The summed E-state index contributed by atoms with van der Waals surface area (Å²) in [4.78, 5) is 24.7. The number of hydrogen-bond acceptors (Lipinski definition) is 4. The van der Waals surface area contributed by atoms with Crippen molar-refractivity contribution < 1.29 is 9.59 Å². The first-order valence-corrected chi connectivity index (χ1v) is 6.90. The standard InChI is InChI=1S/C15H24N4O2.2ClH/c1-11-4-6-12(7-5-11)13(19(2)3)9-17-15(21)10-18-14(20)8-16;;/h4-7,13H,8-10,16H2,1-3H3,(H,17,21)(H,18,20);2*1H. The van der Waals surface area contributed by atoms with Gasteiger partial charge in [0.15, 0.2) is 0 Å². The first kappa shape index (κ1) is 23.9. The number of nitrogens with one attached hydrogen (secondary N) is 2. The fourth-order valence-electron chi connectivity index (χ4n) is 1.91. The Kier molecular flexibility index (Phi) is 12.6. The van der Waals surface area contributed by atoms with Gasteiger partial charge in [-0.3, -0.25) is 9.59 Å². The van der Waals surface area contributed by atoms with E-state index in [9.17, 15) is 9.59 Å². The maximum absolute atomic E-state index is 11.7. The summed E-state index contributed by atoms with van der Waals surface area (Å²) in [6.45, 7) is 2.35. The van der Waals surface area contributed by atoms with Gasteiger partial charge in [0.25, 0.3) is 0 Å². The van der Waals surface area contributed by atoms with Crippen molar-refractivity contribution in [1.82, 2.24) is 15.5 Å². The highest BCUT2D eigenvalue weighted by Crippen LogP contribution is 2.17. The predicted octanol–water partition coefficient (Wildman–Crippen LogP) is 0.632. The topological polar surface area (TPSA) is 87.5 Å². The summed E-state index contributed by atoms with van der Waals surface area (Å²) in [6, 6.07) is 8.30. The molecule has 0 bridgehead atoms. The number of benzene rings is 1. The molecule has 4 N–H and O–H groups in total. The van der Waals surface area contributed by atoms with Crippen molar-refractivity contribution in [2.24, 2.45) is 5.73 Å². The lowest BCUT2D eigenvalue weighted by atomic mass is 10.0. The zero-order chi connectivity index (χ0) is 15.8. The van der Waals surface area contributed by atoms with Crippen LogP contribution in [0.5, 0.6) is 0 Å². The van der Waals surface area contributed by atoms with Crippen LogP contribution in [0, 0.1) is 6.92 Å². The van der Waals surface area contributed by atoms with Gasteiger partial charge in [-0.25, -0.2) is 0 Å². The van der Waals surface area contributed by atoms with Gasteiger partial charge >= 0.3 is 0 Å². The van der Waals surface area contributed by atoms with Crippen molar-refractivity contribution in [3.05, 3.63) is 35.4 Å². The summed E-state index contributed by atoms with van der Waals surface area (Å²) in [5.41, 5.74) is 7.49. The number of halogens is 2. The molecule has 0 heterocycles. The third kappa shape index (κ3) is 8.76. The zero-order valence-corrected chi connectivity index (χ0v) is 15.3. The second kappa shape index (κ2) is 12.1. The SMILES string of the molecule is Cc1ccc(C(CNC(=O)CNC(=O)CN)N(C)C)cc1.Cl.Cl. The van der Waals surface area contributed by atoms with Crippen molar-refractivity contribution in [1.29, 1.82) is 0 Å². The number of hydrogen-bond donors (Lipinski definition) is 3. The Morgan fingerprint density at radius 1 is 1.09 bits per heavy atom. The smallest absolute Gasteiger partial charge is 0.239 e. The molecule has 0 radical (unpaired) electrons. The van der Waals surface area contributed by atoms with E-state index in [1.54, 1.807) is 0 Å². The predicted molar refractivity (Wildman–Crippen MR) is 97.2 cm³/mol. The lowest BCUT2D eigenvalue weighted by molar-refractivity contribution is -0.125. The van der Waals surface area contributed by atoms with Crippen LogP contribution in [0.2, 0.25) is 0 Å². The van der Waals surface area contributed by atoms with Crippen molar-refractivity contribution >= 4 is 36.6 Å². The summed E-state index contributed by atoms with van der Waals surface area (Å²) in [5.74, 6) is -0.566. The third-order valence-corrected chi connectivity index (χ3v) is 3.21. The molecule has 0 fully saturated rings. The van der Waals surface area contributed by atoms with Gasteiger partial charge in [-0.1, -0.05) is 29.8 Å². The first-order valence-electron chi connectivity index (χ1n) is 6.90. The van der Waals surface area contributed by atoms with E-state index < -0.39 is 0 Å². The van der Waals surface area contributed by atoms with Crippen LogP contribution in [-0.2, 0) is 9.59 Å². The van der Waals surface area contributed by atoms with Gasteiger partial charge in [0, 0.05) is 6.54 Å². The molecule has 132 valence electrons. The Labute approximate surface area is 150 Å². The van der Waals surface area contributed by atoms with E-state index in [1.807, 2.05) is 25.9 Å². The number of nitrogens with two attached hydrogens (primary N) is 1. The van der Waals surface area contributed by atoms with Crippen LogP contribution in [0.1, 0.15) is 17.2 Å². The molecule has 0 aliphatic carbocycles. The van der Waals surface area contributed by atoms with E-state index in [4.69, 9.17) is 5.73 Å². The monoisotopic (exact) mass is 364 g/mol. The number of carbonyl (C=O) groups excluding carboxylic acids is 2. The Morgan fingerprint density at radius 3 is 2.13 bits per heavy atom. The number of likely N-dealkylation sites (N-methyl/N-ethyl adjacent to an activating group) is 1. The average Bonchev–Trinajstić information content (AvgIpc) is 2.46. The molecule has 1 unspecified atom stereocenters. The maximum Gasteiger partial charge on any atom is 0.239 e. The minimum atomic E-state index is -0.340. The van der Waals surface area contributed by atoms with Gasteiger partial charge in [0.2, 0.25) is 11.8 Å². The van der Waals surface area contributed by atoms with Gasteiger partial charge in [0.1, 0.15) is 0 Å². The highest BCUT2D eigenvalue weighted by Gasteiger charge is 2.15. The molecule has 1 rings (SSSR count). The molecule has 0 aliphatic heterocycles. The van der Waals surface area contributed by atoms with Crippen LogP contribution < -0.4 is 16.4 Å². The van der Waals surface area contributed by atoms with Crippen molar-refractivity contribution in [3.8, 4) is 0 Å². The summed E-state index contributed by atoms with van der Waals surface area (Å²) >= 11 is 0. The largest absolute Gasteiger partial charge is 0.353 e. The highest BCUT2D eigenvalue weighted by atomic mass is 35.5. The van der Waals surface area contributed by atoms with Crippen LogP contribution >= 0.6 is 24.8 Å². The highest BCUT2D eigenvalue weighted by molar-refractivity contribution is 5.86. The number of carbonyl (C=O) groups is 2. The molecule has 0 spiro atoms. The lowest BCUT2D eigenvalue weighted by Gasteiger charge is -2.25. The Morgan fingerprint density at radius 2 is 1.65 bits per heavy atom. The Bertz CT molecular complexity index is 481. The lowest BCUT2D eigenvalue weighted by Crippen LogP contribution is -2.42. The normalized spacial score (nSPS) is 11.0. The summed E-state index contributed by atoms with van der Waals surface area (Å²) in [6.07, 6.45) is 0. The molecule has 0 saturated heterocycles. The Hall–Kier alpha value is -1.34. The quantitative estimate of drug-likeness (QED) is 0.662. The molecular weight excluding hydrogens is 339 g/mol. The molecule has 0 aliphatic rings. The number of aryl methyl sites for hydroxylation is 1. The van der Waals surface area contributed by atoms with Crippen LogP contribution in [0.25, 0.3) is 0 Å². The van der Waals surface area contributed by atoms with Gasteiger partial charge < -0.3 is 21.3 Å². The van der Waals surface area contributed by atoms with Crippen LogP contribution in [-0.4, -0.2) is 50.4 Å². The van der Waals surface area contributed by atoms with E-state index in [2.05, 4.69) is 34.9 Å². The Balaban J connectivity index is 0. The van der Waals surface area contributed by atoms with E-state index in [0.29, 0.717) is 6.54 Å². The summed E-state index contributed by atoms with van der Waals surface area (Å²) in [5, 5.41) is 5.26. The molecule has 1 aromatic carbocycles. The molecule has 0 aromatic heterocycles. The first-order chi connectivity index (χ1) is 9.93. The third-order valence-electron chi connectivity index (χ3n) is 3.21. The van der Waals surface area contributed by atoms with Crippen LogP contribution in [0.15, 0.2) is 24.3 Å². The second-order valence-electron chi connectivity index (χ2n) is 5.18. The average molecular weight is 365 g/mol. The molecule has 8 heteroatoms. The number of nitrogens with zero attached hydrogens (tertiary/aromatic N) is 1. The van der Waals surface area contributed by atoms with Crippen molar-refractivity contribution in [2.75, 3.05) is 33.7 Å². The molecule has 1 aromatic rings. The van der Waals surface area contributed by atoms with E-state index in [0.717, 1.165) is 5.56 Å². The van der Waals surface area contributed by atoms with Crippen LogP contribution in [0.3, 0.4) is 0 Å². The molecule has 1 atom stereocenters. The van der Waals surface area contributed by atoms with Crippen molar-refractivity contribution in [3.63, 3.8) is 0 Å². The fourth-order valence-corrected chi connectivity index (χ4v) is 1.91. The minimum Gasteiger partial charge on any atom is -0.353 e. The zero-order valence-electron chi connectivity index (χ0n) is 13.7. The minimum absolute atomic E-state index is 0. The number of rotatable bonds is 7. The molecule has 23 heavy (non-hydrogen) atoms. The molecule has 2 amide bonds. The van der Waals surface area contributed by atoms with E-state index in [-0.39, 0.29) is 55.8 Å². The maximum atomic E-state index is 11.7. The summed E-state index contributed by atoms with van der Waals surface area (Å²) in [7, 11) is 3.93. The van der Waals surface area contributed by atoms with Crippen molar-refractivity contribution in [2.45, 2.75) is 13.0 Å². The summed E-state index contributed by atoms with van der Waals surface area (Å²) < 4.78 is 0.